The lowest BCUT2D eigenvalue weighted by Gasteiger charge is -2.14. The molecule has 0 atom stereocenters. The molecule has 0 aromatic heterocycles. The third-order valence-electron chi connectivity index (χ3n) is 3.15. The number of hydrogen-bond acceptors (Lipinski definition) is 4. The molecule has 2 N–H and O–H groups in total. The molecule has 108 valence electrons. The molecule has 0 saturated heterocycles. The van der Waals surface area contributed by atoms with E-state index in [1.54, 1.807) is 22.6 Å². The van der Waals surface area contributed by atoms with Crippen molar-refractivity contribution in [1.82, 2.24) is 5.32 Å². The van der Waals surface area contributed by atoms with Gasteiger partial charge in [0.2, 0.25) is 0 Å². The summed E-state index contributed by atoms with van der Waals surface area (Å²) in [4.78, 5) is 10.5. The Bertz CT molecular complexity index is 549. The molecule has 1 heterocycles. The van der Waals surface area contributed by atoms with E-state index in [0.717, 1.165) is 25.9 Å². The molecule has 0 saturated carbocycles. The van der Waals surface area contributed by atoms with Gasteiger partial charge in [-0.25, -0.2) is 4.39 Å². The highest BCUT2D eigenvalue weighted by molar-refractivity contribution is 14.1. The monoisotopic (exact) mass is 391 g/mol. The van der Waals surface area contributed by atoms with Crippen LogP contribution >= 0.6 is 22.6 Å². The van der Waals surface area contributed by atoms with Crippen LogP contribution in [0.1, 0.15) is 12.8 Å². The smallest absolute Gasteiger partial charge is 0.293 e. The van der Waals surface area contributed by atoms with E-state index in [0.29, 0.717) is 6.54 Å². The minimum absolute atomic E-state index is 0.0879. The molecule has 5 nitrogen and oxygen atoms in total. The second-order valence-corrected chi connectivity index (χ2v) is 5.70. The summed E-state index contributed by atoms with van der Waals surface area (Å²) in [6.07, 6.45) is 3.94. The maximum atomic E-state index is 13.5. The quantitative estimate of drug-likeness (QED) is 0.351. The second-order valence-electron chi connectivity index (χ2n) is 4.53. The summed E-state index contributed by atoms with van der Waals surface area (Å²) in [5, 5.41) is 17.2. The average molecular weight is 391 g/mol. The first-order chi connectivity index (χ1) is 9.58. The van der Waals surface area contributed by atoms with Gasteiger partial charge in [0.15, 0.2) is 0 Å². The van der Waals surface area contributed by atoms with Gasteiger partial charge in [-0.3, -0.25) is 10.1 Å². The molecule has 0 aliphatic carbocycles. The largest absolute Gasteiger partial charge is 0.379 e. The molecule has 0 amide bonds. The molecule has 0 fully saturated rings. The van der Waals surface area contributed by atoms with Crippen molar-refractivity contribution in [2.45, 2.75) is 12.8 Å². The number of halogens is 2. The first-order valence-electron chi connectivity index (χ1n) is 6.34. The molecule has 1 aromatic carbocycles. The highest BCUT2D eigenvalue weighted by Crippen LogP contribution is 2.28. The van der Waals surface area contributed by atoms with Gasteiger partial charge in [0.1, 0.15) is 11.5 Å². The van der Waals surface area contributed by atoms with Crippen LogP contribution in [-0.2, 0) is 0 Å². The van der Waals surface area contributed by atoms with Gasteiger partial charge in [-0.2, -0.15) is 0 Å². The topological polar surface area (TPSA) is 67.2 Å². The summed E-state index contributed by atoms with van der Waals surface area (Å²) in [5.41, 5.74) is 1.47. The van der Waals surface area contributed by atoms with Gasteiger partial charge < -0.3 is 10.6 Å². The summed E-state index contributed by atoms with van der Waals surface area (Å²) in [5.74, 6) is -0.445. The molecule has 7 heteroatoms. The van der Waals surface area contributed by atoms with Crippen molar-refractivity contribution in [2.24, 2.45) is 0 Å². The van der Waals surface area contributed by atoms with Gasteiger partial charge in [-0.15, -0.1) is 0 Å². The first kappa shape index (κ1) is 15.2. The van der Waals surface area contributed by atoms with E-state index in [1.165, 1.54) is 17.7 Å². The zero-order valence-electron chi connectivity index (χ0n) is 10.8. The molecule has 0 unspecified atom stereocenters. The van der Waals surface area contributed by atoms with Gasteiger partial charge in [-0.05, 0) is 42.0 Å². The van der Waals surface area contributed by atoms with Crippen molar-refractivity contribution < 1.29 is 9.31 Å². The Labute approximate surface area is 129 Å². The van der Waals surface area contributed by atoms with E-state index in [4.69, 9.17) is 0 Å². The summed E-state index contributed by atoms with van der Waals surface area (Å²) in [7, 11) is 0. The van der Waals surface area contributed by atoms with Crippen LogP contribution in [0.25, 0.3) is 0 Å². The van der Waals surface area contributed by atoms with Crippen LogP contribution < -0.4 is 10.6 Å². The molecular weight excluding hydrogens is 376 g/mol. The Morgan fingerprint density at radius 3 is 2.95 bits per heavy atom. The Kier molecular flexibility index (Phi) is 5.30. The predicted molar refractivity (Wildman–Crippen MR) is 84.4 cm³/mol. The van der Waals surface area contributed by atoms with Crippen LogP contribution in [0.15, 0.2) is 23.8 Å². The number of hydrogen-bond donors (Lipinski definition) is 2. The number of rotatable bonds is 5. The SMILES string of the molecule is O=[N+]([O-])c1cc(I)c(F)cc1NCCC1=CCNCC1. The molecule has 2 rings (SSSR count). The molecule has 1 aliphatic heterocycles. The van der Waals surface area contributed by atoms with Crippen molar-refractivity contribution in [3.8, 4) is 0 Å². The Hall–Kier alpha value is -1.22. The summed E-state index contributed by atoms with van der Waals surface area (Å²) < 4.78 is 13.8. The molecule has 1 aliphatic rings. The van der Waals surface area contributed by atoms with Crippen molar-refractivity contribution in [3.05, 3.63) is 43.3 Å². The molecule has 0 bridgehead atoms. The van der Waals surface area contributed by atoms with Crippen LogP contribution in [0.5, 0.6) is 0 Å². The van der Waals surface area contributed by atoms with E-state index < -0.39 is 10.7 Å². The molecule has 0 spiro atoms. The first-order valence-corrected chi connectivity index (χ1v) is 7.41. The fraction of sp³-hybridized carbons (Fsp3) is 0.385. The van der Waals surface area contributed by atoms with Crippen LogP contribution in [0.4, 0.5) is 15.8 Å². The fourth-order valence-corrected chi connectivity index (χ4v) is 2.53. The van der Waals surface area contributed by atoms with E-state index in [2.05, 4.69) is 16.7 Å². The van der Waals surface area contributed by atoms with Gasteiger partial charge in [-0.1, -0.05) is 11.6 Å². The van der Waals surface area contributed by atoms with E-state index in [9.17, 15) is 14.5 Å². The van der Waals surface area contributed by atoms with Crippen molar-refractivity contribution in [2.75, 3.05) is 25.0 Å². The number of anilines is 1. The fourth-order valence-electron chi connectivity index (χ4n) is 2.08. The van der Waals surface area contributed by atoms with E-state index >= 15 is 0 Å². The average Bonchev–Trinajstić information content (AvgIpc) is 2.43. The van der Waals surface area contributed by atoms with Crippen LogP contribution in [0.2, 0.25) is 0 Å². The maximum Gasteiger partial charge on any atom is 0.293 e. The van der Waals surface area contributed by atoms with Gasteiger partial charge in [0.25, 0.3) is 5.69 Å². The molecular formula is C13H15FIN3O2. The summed E-state index contributed by atoms with van der Waals surface area (Å²) in [6, 6.07) is 2.44. The Morgan fingerprint density at radius 2 is 2.30 bits per heavy atom. The normalized spacial score (nSPS) is 14.8. The highest BCUT2D eigenvalue weighted by Gasteiger charge is 2.17. The third kappa shape index (κ3) is 3.89. The number of benzene rings is 1. The lowest BCUT2D eigenvalue weighted by molar-refractivity contribution is -0.384. The van der Waals surface area contributed by atoms with Crippen molar-refractivity contribution in [1.29, 1.82) is 0 Å². The zero-order valence-corrected chi connectivity index (χ0v) is 12.9. The minimum Gasteiger partial charge on any atom is -0.379 e. The van der Waals surface area contributed by atoms with Crippen LogP contribution in [0, 0.1) is 19.5 Å². The van der Waals surface area contributed by atoms with Gasteiger partial charge in [0, 0.05) is 25.2 Å². The summed E-state index contributed by atoms with van der Waals surface area (Å²) in [6.45, 7) is 2.39. The van der Waals surface area contributed by atoms with Crippen LogP contribution in [0.3, 0.4) is 0 Å². The van der Waals surface area contributed by atoms with Crippen molar-refractivity contribution in [3.63, 3.8) is 0 Å². The Balaban J connectivity index is 2.03. The maximum absolute atomic E-state index is 13.5. The van der Waals surface area contributed by atoms with Crippen LogP contribution in [-0.4, -0.2) is 24.6 Å². The molecule has 0 radical (unpaired) electrons. The number of nitrogens with one attached hydrogen (secondary N) is 2. The van der Waals surface area contributed by atoms with E-state index in [1.807, 2.05) is 0 Å². The molecule has 20 heavy (non-hydrogen) atoms. The van der Waals surface area contributed by atoms with Crippen molar-refractivity contribution >= 4 is 34.0 Å². The lowest BCUT2D eigenvalue weighted by Crippen LogP contribution is -2.21. The standard InChI is InChI=1S/C13H15FIN3O2/c14-10-7-12(13(18(19)20)8-11(10)15)17-6-3-9-1-4-16-5-2-9/h1,7-8,16-17H,2-6H2. The lowest BCUT2D eigenvalue weighted by atomic mass is 10.1. The summed E-state index contributed by atoms with van der Waals surface area (Å²) >= 11 is 1.75. The number of nitro benzene ring substituents is 1. The van der Waals surface area contributed by atoms with Gasteiger partial charge in [0.05, 0.1) is 8.49 Å². The third-order valence-corrected chi connectivity index (χ3v) is 3.98. The highest BCUT2D eigenvalue weighted by atomic mass is 127. The zero-order chi connectivity index (χ0) is 14.5. The minimum atomic E-state index is -0.492. The van der Waals surface area contributed by atoms with E-state index in [-0.39, 0.29) is 14.9 Å². The number of nitrogens with zero attached hydrogens (tertiary/aromatic N) is 1. The van der Waals surface area contributed by atoms with Gasteiger partial charge >= 0.3 is 0 Å². The predicted octanol–water partition coefficient (Wildman–Crippen LogP) is 3.06. The number of nitro groups is 1. The Morgan fingerprint density at radius 1 is 1.50 bits per heavy atom. The second kappa shape index (κ2) is 6.98. The molecule has 1 aromatic rings.